The van der Waals surface area contributed by atoms with Crippen LogP contribution in [-0.2, 0) is 10.1 Å². The molecule has 1 amide bonds. The summed E-state index contributed by atoms with van der Waals surface area (Å²) in [5.41, 5.74) is 0.801. The van der Waals surface area contributed by atoms with Crippen LogP contribution >= 0.6 is 12.2 Å². The Morgan fingerprint density at radius 2 is 1.96 bits per heavy atom. The summed E-state index contributed by atoms with van der Waals surface area (Å²) in [5.74, 6) is -0.684. The van der Waals surface area contributed by atoms with E-state index in [2.05, 4.69) is 20.8 Å². The summed E-state index contributed by atoms with van der Waals surface area (Å²) in [6.45, 7) is 0. The van der Waals surface area contributed by atoms with Crippen molar-refractivity contribution in [2.24, 2.45) is 0 Å². The molecule has 3 aromatic rings. The smallest absolute Gasteiger partial charge is 1.00 e. The topological polar surface area (TPSA) is 130 Å². The molecule has 0 bridgehead atoms. The van der Waals surface area contributed by atoms with Crippen molar-refractivity contribution in [3.8, 4) is 5.69 Å². The van der Waals surface area contributed by atoms with Gasteiger partial charge in [0.25, 0.3) is 16.0 Å². The number of H-pyrrole nitrogens is 1. The molecule has 0 saturated carbocycles. The van der Waals surface area contributed by atoms with E-state index in [1.165, 1.54) is 22.9 Å². The summed E-state index contributed by atoms with van der Waals surface area (Å²) in [6.07, 6.45) is 0. The molecule has 0 saturated heterocycles. The number of tetrazole rings is 1. The van der Waals surface area contributed by atoms with Crippen molar-refractivity contribution < 1.29 is 70.6 Å². The molecule has 26 heavy (non-hydrogen) atoms. The van der Waals surface area contributed by atoms with E-state index in [1.807, 2.05) is 0 Å². The number of nitrogens with one attached hydrogen (secondary N) is 2. The Balaban J connectivity index is 0.00000182. The summed E-state index contributed by atoms with van der Waals surface area (Å²) in [5, 5.41) is 12.4. The fraction of sp³-hybridized carbons (Fsp3) is 0. The summed E-state index contributed by atoms with van der Waals surface area (Å²) in [6, 6.07) is 12.0. The normalized spacial score (nSPS) is 10.8. The number of carbonyl (C=O) groups excluding carboxylic acids is 1. The van der Waals surface area contributed by atoms with Gasteiger partial charge in [-0.3, -0.25) is 9.35 Å². The van der Waals surface area contributed by atoms with Crippen molar-refractivity contribution in [1.82, 2.24) is 20.2 Å². The average molecular weight is 418 g/mol. The van der Waals surface area contributed by atoms with Gasteiger partial charge in [0, 0.05) is 5.69 Å². The van der Waals surface area contributed by atoms with E-state index in [4.69, 9.17) is 12.2 Å². The number of aromatic nitrogens is 4. The summed E-state index contributed by atoms with van der Waals surface area (Å²) >= 11 is 5.01. The van der Waals surface area contributed by atoms with E-state index < -0.39 is 20.9 Å². The van der Waals surface area contributed by atoms with E-state index >= 15 is 0 Å². The maximum absolute atomic E-state index is 12.4. The molecule has 3 rings (SSSR count). The standard InChI is InChI=1S/C14H11N5O4S2.K.H/c20-13(11-6-1-2-7-12(11)25(21,22)23)15-9-4-3-5-10(8-9)19-14(24)16-17-18-19;;/h1-8H,(H,15,20)(H,16,18,24)(H,21,22,23);;/q;+1;-1. The van der Waals surface area contributed by atoms with Gasteiger partial charge in [0.2, 0.25) is 4.77 Å². The Labute approximate surface area is 197 Å². The van der Waals surface area contributed by atoms with Crippen LogP contribution in [0.4, 0.5) is 5.69 Å². The molecule has 0 unspecified atom stereocenters. The molecule has 9 nitrogen and oxygen atoms in total. The van der Waals surface area contributed by atoms with Crippen LogP contribution in [0, 0.1) is 4.77 Å². The zero-order chi connectivity index (χ0) is 18.0. The Kier molecular flexibility index (Phi) is 6.98. The van der Waals surface area contributed by atoms with Crippen molar-refractivity contribution >= 4 is 33.9 Å². The van der Waals surface area contributed by atoms with Crippen LogP contribution in [-0.4, -0.2) is 39.1 Å². The second kappa shape index (κ2) is 8.62. The van der Waals surface area contributed by atoms with E-state index in [0.29, 0.717) is 11.4 Å². The van der Waals surface area contributed by atoms with Crippen LogP contribution in [0.25, 0.3) is 5.69 Å². The molecule has 0 aliphatic carbocycles. The van der Waals surface area contributed by atoms with Crippen LogP contribution in [0.5, 0.6) is 0 Å². The molecular weight excluding hydrogens is 405 g/mol. The number of carbonyl (C=O) groups is 1. The fourth-order valence-corrected chi connectivity index (χ4v) is 3.04. The van der Waals surface area contributed by atoms with Crippen LogP contribution < -0.4 is 56.7 Å². The number of hydrogen-bond donors (Lipinski definition) is 3. The minimum absolute atomic E-state index is 0. The maximum atomic E-state index is 12.4. The second-order valence-electron chi connectivity index (χ2n) is 4.89. The zero-order valence-electron chi connectivity index (χ0n) is 14.4. The first-order valence-electron chi connectivity index (χ1n) is 6.85. The first-order chi connectivity index (χ1) is 11.9. The summed E-state index contributed by atoms with van der Waals surface area (Å²) in [7, 11) is -4.52. The first kappa shape index (κ1) is 21.1. The largest absolute Gasteiger partial charge is 1.00 e. The third kappa shape index (κ3) is 4.72. The molecule has 0 spiro atoms. The minimum Gasteiger partial charge on any atom is -1.00 e. The Bertz CT molecular complexity index is 1120. The summed E-state index contributed by atoms with van der Waals surface area (Å²) < 4.78 is 33.7. The molecule has 12 heteroatoms. The predicted octanol–water partition coefficient (Wildman–Crippen LogP) is -1.06. The van der Waals surface area contributed by atoms with Gasteiger partial charge in [-0.15, -0.1) is 0 Å². The fourth-order valence-electron chi connectivity index (χ4n) is 2.17. The Morgan fingerprint density at radius 1 is 1.23 bits per heavy atom. The van der Waals surface area contributed by atoms with Gasteiger partial charge >= 0.3 is 51.4 Å². The van der Waals surface area contributed by atoms with Gasteiger partial charge < -0.3 is 6.74 Å². The van der Waals surface area contributed by atoms with Gasteiger partial charge in [-0.1, -0.05) is 28.5 Å². The molecule has 0 atom stereocenters. The summed E-state index contributed by atoms with van der Waals surface area (Å²) in [4.78, 5) is 11.9. The van der Waals surface area contributed by atoms with Crippen LogP contribution in [0.1, 0.15) is 11.8 Å². The van der Waals surface area contributed by atoms with E-state index in [9.17, 15) is 17.8 Å². The zero-order valence-corrected chi connectivity index (χ0v) is 18.2. The van der Waals surface area contributed by atoms with Gasteiger partial charge in [0.05, 0.1) is 11.3 Å². The predicted molar refractivity (Wildman–Crippen MR) is 91.9 cm³/mol. The number of anilines is 1. The number of rotatable bonds is 4. The Morgan fingerprint density at radius 3 is 2.62 bits per heavy atom. The molecule has 1 aromatic heterocycles. The third-order valence-corrected chi connectivity index (χ3v) is 4.42. The molecular formula is C14H12KN5O4S2. The van der Waals surface area contributed by atoms with Crippen molar-refractivity contribution in [2.45, 2.75) is 4.90 Å². The van der Waals surface area contributed by atoms with E-state index in [0.717, 1.165) is 6.07 Å². The number of benzene rings is 2. The van der Waals surface area contributed by atoms with Crippen molar-refractivity contribution in [1.29, 1.82) is 0 Å². The SMILES string of the molecule is O=C(Nc1cccc(-n2[nH]nnc2=S)c1)c1ccccc1S(=O)(=O)O.[H-].[K+]. The van der Waals surface area contributed by atoms with Gasteiger partial charge in [-0.2, -0.15) is 13.6 Å². The van der Waals surface area contributed by atoms with Crippen LogP contribution in [0.2, 0.25) is 0 Å². The molecule has 3 N–H and O–H groups in total. The molecule has 0 fully saturated rings. The first-order valence-corrected chi connectivity index (χ1v) is 8.69. The van der Waals surface area contributed by atoms with Gasteiger partial charge in [0.1, 0.15) is 4.90 Å². The van der Waals surface area contributed by atoms with E-state index in [1.54, 1.807) is 24.3 Å². The third-order valence-electron chi connectivity index (χ3n) is 3.24. The van der Waals surface area contributed by atoms with Crippen molar-refractivity contribution in [3.05, 3.63) is 58.9 Å². The molecule has 130 valence electrons. The van der Waals surface area contributed by atoms with Crippen LogP contribution in [0.15, 0.2) is 53.4 Å². The molecule has 1 heterocycles. The number of hydrogen-bond acceptors (Lipinski definition) is 6. The van der Waals surface area contributed by atoms with Crippen LogP contribution in [0.3, 0.4) is 0 Å². The number of amides is 1. The van der Waals surface area contributed by atoms with Crippen molar-refractivity contribution in [3.63, 3.8) is 0 Å². The molecule has 0 aliphatic rings. The van der Waals surface area contributed by atoms with E-state index in [-0.39, 0.29) is 63.1 Å². The Hall–Kier alpha value is -1.25. The molecule has 0 aliphatic heterocycles. The maximum Gasteiger partial charge on any atom is 1.00 e. The minimum atomic E-state index is -4.52. The average Bonchev–Trinajstić information content (AvgIpc) is 3.00. The second-order valence-corrected chi connectivity index (χ2v) is 6.65. The quantitative estimate of drug-likeness (QED) is 0.280. The van der Waals surface area contributed by atoms with Gasteiger partial charge in [-0.25, -0.2) is 4.68 Å². The number of aromatic amines is 1. The van der Waals surface area contributed by atoms with Crippen molar-refractivity contribution in [2.75, 3.05) is 5.32 Å². The van der Waals surface area contributed by atoms with Gasteiger partial charge in [-0.05, 0) is 42.5 Å². The molecule has 0 radical (unpaired) electrons. The molecule has 2 aromatic carbocycles. The monoisotopic (exact) mass is 417 g/mol. The number of nitrogens with zero attached hydrogens (tertiary/aromatic N) is 3. The van der Waals surface area contributed by atoms with Gasteiger partial charge in [0.15, 0.2) is 0 Å².